The zero-order valence-electron chi connectivity index (χ0n) is 16.0. The second kappa shape index (κ2) is 7.99. The molecule has 2 aromatic carbocycles. The SMILES string of the molecule is Cc1cc(C)c(C(=O)COC(=O)c2cc([N+](=O)[O-])ccc2N(C)C)cc1C. The molecule has 0 spiro atoms. The molecule has 0 unspecified atom stereocenters. The topological polar surface area (TPSA) is 89.8 Å². The number of aryl methyl sites for hydroxylation is 3. The highest BCUT2D eigenvalue weighted by Crippen LogP contribution is 2.25. The second-order valence-electron chi connectivity index (χ2n) is 6.60. The Balaban J connectivity index is 2.23. The van der Waals surface area contributed by atoms with Crippen LogP contribution in [0, 0.1) is 30.9 Å². The molecular weight excluding hydrogens is 348 g/mol. The number of hydrogen-bond donors (Lipinski definition) is 0. The van der Waals surface area contributed by atoms with Gasteiger partial charge in [-0.05, 0) is 49.6 Å². The molecule has 7 nitrogen and oxygen atoms in total. The van der Waals surface area contributed by atoms with E-state index in [-0.39, 0.29) is 17.0 Å². The van der Waals surface area contributed by atoms with Crippen molar-refractivity contribution in [3.8, 4) is 0 Å². The monoisotopic (exact) mass is 370 g/mol. The molecule has 0 aliphatic heterocycles. The lowest BCUT2D eigenvalue weighted by Crippen LogP contribution is -2.19. The lowest BCUT2D eigenvalue weighted by atomic mass is 9.98. The highest BCUT2D eigenvalue weighted by molar-refractivity contribution is 6.02. The summed E-state index contributed by atoms with van der Waals surface area (Å²) in [5.41, 5.74) is 3.65. The van der Waals surface area contributed by atoms with E-state index in [2.05, 4.69) is 0 Å². The van der Waals surface area contributed by atoms with Crippen molar-refractivity contribution in [3.05, 3.63) is 68.3 Å². The van der Waals surface area contributed by atoms with Gasteiger partial charge in [0.05, 0.1) is 16.2 Å². The van der Waals surface area contributed by atoms with Crippen molar-refractivity contribution in [1.29, 1.82) is 0 Å². The number of rotatable bonds is 6. The van der Waals surface area contributed by atoms with Crippen molar-refractivity contribution in [2.75, 3.05) is 25.6 Å². The Bertz CT molecular complexity index is 919. The van der Waals surface area contributed by atoms with Gasteiger partial charge in [0.1, 0.15) is 0 Å². The van der Waals surface area contributed by atoms with Gasteiger partial charge in [0.25, 0.3) is 5.69 Å². The molecule has 0 atom stereocenters. The van der Waals surface area contributed by atoms with E-state index in [4.69, 9.17) is 4.74 Å². The van der Waals surface area contributed by atoms with E-state index in [1.807, 2.05) is 26.8 Å². The molecule has 0 aromatic heterocycles. The molecule has 0 heterocycles. The molecule has 2 rings (SSSR count). The number of anilines is 1. The van der Waals surface area contributed by atoms with Gasteiger partial charge in [-0.1, -0.05) is 6.07 Å². The van der Waals surface area contributed by atoms with E-state index in [0.717, 1.165) is 22.8 Å². The maximum Gasteiger partial charge on any atom is 0.340 e. The van der Waals surface area contributed by atoms with Gasteiger partial charge >= 0.3 is 5.97 Å². The highest BCUT2D eigenvalue weighted by Gasteiger charge is 2.21. The average molecular weight is 370 g/mol. The number of nitro groups is 1. The molecule has 0 aliphatic rings. The summed E-state index contributed by atoms with van der Waals surface area (Å²) in [6, 6.07) is 7.64. The molecule has 0 saturated carbocycles. The third-order valence-electron chi connectivity index (χ3n) is 4.37. The fraction of sp³-hybridized carbons (Fsp3) is 0.300. The van der Waals surface area contributed by atoms with Crippen LogP contribution in [0.1, 0.15) is 37.4 Å². The summed E-state index contributed by atoms with van der Waals surface area (Å²) in [4.78, 5) is 37.0. The minimum atomic E-state index is -0.780. The van der Waals surface area contributed by atoms with Gasteiger partial charge in [-0.25, -0.2) is 4.79 Å². The van der Waals surface area contributed by atoms with Crippen LogP contribution in [0.5, 0.6) is 0 Å². The van der Waals surface area contributed by atoms with Crippen molar-refractivity contribution < 1.29 is 19.2 Å². The van der Waals surface area contributed by atoms with Gasteiger partial charge in [0, 0.05) is 31.8 Å². The normalized spacial score (nSPS) is 10.4. The number of Topliss-reactive ketones (excluding diaryl/α,β-unsaturated/α-hetero) is 1. The lowest BCUT2D eigenvalue weighted by molar-refractivity contribution is -0.384. The van der Waals surface area contributed by atoms with Crippen LogP contribution in [0.4, 0.5) is 11.4 Å². The highest BCUT2D eigenvalue weighted by atomic mass is 16.6. The number of nitrogens with zero attached hydrogens (tertiary/aromatic N) is 2. The van der Waals surface area contributed by atoms with E-state index in [1.54, 1.807) is 25.1 Å². The third kappa shape index (κ3) is 4.49. The van der Waals surface area contributed by atoms with Crippen LogP contribution in [0.3, 0.4) is 0 Å². The molecule has 0 radical (unpaired) electrons. The van der Waals surface area contributed by atoms with Gasteiger partial charge in [-0.3, -0.25) is 14.9 Å². The Kier molecular flexibility index (Phi) is 5.95. The summed E-state index contributed by atoms with van der Waals surface area (Å²) in [5.74, 6) is -1.10. The van der Waals surface area contributed by atoms with Crippen molar-refractivity contribution in [1.82, 2.24) is 0 Å². The van der Waals surface area contributed by atoms with Crippen LogP contribution in [-0.2, 0) is 4.74 Å². The van der Waals surface area contributed by atoms with Crippen LogP contribution < -0.4 is 4.90 Å². The van der Waals surface area contributed by atoms with E-state index < -0.39 is 17.5 Å². The first-order valence-corrected chi connectivity index (χ1v) is 8.35. The number of ketones is 1. The van der Waals surface area contributed by atoms with Gasteiger partial charge in [-0.2, -0.15) is 0 Å². The van der Waals surface area contributed by atoms with E-state index in [9.17, 15) is 19.7 Å². The summed E-state index contributed by atoms with van der Waals surface area (Å²) in [6.45, 7) is 5.26. The summed E-state index contributed by atoms with van der Waals surface area (Å²) in [7, 11) is 3.42. The first kappa shape index (κ1) is 20.1. The molecule has 27 heavy (non-hydrogen) atoms. The van der Waals surface area contributed by atoms with Crippen LogP contribution in [0.15, 0.2) is 30.3 Å². The molecule has 0 aliphatic carbocycles. The molecule has 2 aromatic rings. The fourth-order valence-electron chi connectivity index (χ4n) is 2.74. The Morgan fingerprint density at radius 3 is 2.22 bits per heavy atom. The van der Waals surface area contributed by atoms with Crippen molar-refractivity contribution >= 4 is 23.1 Å². The van der Waals surface area contributed by atoms with Gasteiger partial charge < -0.3 is 9.64 Å². The molecule has 7 heteroatoms. The number of ether oxygens (including phenoxy) is 1. The maximum atomic E-state index is 12.5. The number of non-ortho nitro benzene ring substituents is 1. The summed E-state index contributed by atoms with van der Waals surface area (Å²) in [5, 5.41) is 11.0. The zero-order valence-corrected chi connectivity index (χ0v) is 16.0. The zero-order chi connectivity index (χ0) is 20.3. The Morgan fingerprint density at radius 2 is 1.63 bits per heavy atom. The third-order valence-corrected chi connectivity index (χ3v) is 4.37. The van der Waals surface area contributed by atoms with Crippen LogP contribution >= 0.6 is 0 Å². The molecular formula is C20H22N2O5. The molecule has 0 N–H and O–H groups in total. The Labute approximate surface area is 157 Å². The van der Waals surface area contributed by atoms with Gasteiger partial charge in [-0.15, -0.1) is 0 Å². The maximum absolute atomic E-state index is 12.5. The number of carbonyl (C=O) groups excluding carboxylic acids is 2. The number of esters is 1. The van der Waals surface area contributed by atoms with Crippen molar-refractivity contribution in [2.24, 2.45) is 0 Å². The number of hydrogen-bond acceptors (Lipinski definition) is 6. The number of benzene rings is 2. The molecule has 0 saturated heterocycles. The van der Waals surface area contributed by atoms with Crippen molar-refractivity contribution in [3.63, 3.8) is 0 Å². The number of carbonyl (C=O) groups is 2. The minimum Gasteiger partial charge on any atom is -0.454 e. The van der Waals surface area contributed by atoms with E-state index in [0.29, 0.717) is 11.3 Å². The fourth-order valence-corrected chi connectivity index (χ4v) is 2.74. The first-order valence-electron chi connectivity index (χ1n) is 8.35. The molecule has 0 fully saturated rings. The van der Waals surface area contributed by atoms with E-state index in [1.165, 1.54) is 12.1 Å². The predicted molar refractivity (Wildman–Crippen MR) is 103 cm³/mol. The standard InChI is InChI=1S/C20H22N2O5/c1-12-8-14(3)16(9-13(12)2)19(23)11-27-20(24)17-10-15(22(25)26)6-7-18(17)21(4)5/h6-10H,11H2,1-5H3. The second-order valence-corrected chi connectivity index (χ2v) is 6.60. The Morgan fingerprint density at radius 1 is 1.00 bits per heavy atom. The smallest absolute Gasteiger partial charge is 0.340 e. The van der Waals surface area contributed by atoms with Gasteiger partial charge in [0.2, 0.25) is 5.78 Å². The number of nitro benzene ring substituents is 1. The van der Waals surface area contributed by atoms with Crippen LogP contribution in [-0.4, -0.2) is 37.4 Å². The van der Waals surface area contributed by atoms with Crippen molar-refractivity contribution in [2.45, 2.75) is 20.8 Å². The van der Waals surface area contributed by atoms with Crippen LogP contribution in [0.2, 0.25) is 0 Å². The quantitative estimate of drug-likeness (QED) is 0.334. The summed E-state index contributed by atoms with van der Waals surface area (Å²) < 4.78 is 5.16. The average Bonchev–Trinajstić information content (AvgIpc) is 2.61. The predicted octanol–water partition coefficient (Wildman–Crippen LogP) is 3.63. The van der Waals surface area contributed by atoms with Crippen LogP contribution in [0.25, 0.3) is 0 Å². The van der Waals surface area contributed by atoms with Gasteiger partial charge in [0.15, 0.2) is 6.61 Å². The minimum absolute atomic E-state index is 0.0406. The largest absolute Gasteiger partial charge is 0.454 e. The van der Waals surface area contributed by atoms with E-state index >= 15 is 0 Å². The molecule has 0 amide bonds. The lowest BCUT2D eigenvalue weighted by Gasteiger charge is -2.16. The Hall–Kier alpha value is -3.22. The summed E-state index contributed by atoms with van der Waals surface area (Å²) in [6.07, 6.45) is 0. The molecule has 0 bridgehead atoms. The summed E-state index contributed by atoms with van der Waals surface area (Å²) >= 11 is 0. The first-order chi connectivity index (χ1) is 12.6. The molecule has 142 valence electrons.